The average molecular weight is 286 g/mol. The Morgan fingerprint density at radius 1 is 1.44 bits per heavy atom. The summed E-state index contributed by atoms with van der Waals surface area (Å²) in [5.74, 6) is 0.999. The molecule has 1 fully saturated rings. The first kappa shape index (κ1) is 13.7. The van der Waals surface area contributed by atoms with Gasteiger partial charge in [0.15, 0.2) is 0 Å². The number of alkyl halides is 1. The van der Waals surface area contributed by atoms with Crippen molar-refractivity contribution in [1.29, 1.82) is 0 Å². The van der Waals surface area contributed by atoms with Gasteiger partial charge in [-0.2, -0.15) is 0 Å². The van der Waals surface area contributed by atoms with Crippen LogP contribution in [0.2, 0.25) is 5.02 Å². The van der Waals surface area contributed by atoms with Gasteiger partial charge < -0.3 is 5.32 Å². The molecular formula is C14H17Cl2NO. The molecular weight excluding hydrogens is 269 g/mol. The van der Waals surface area contributed by atoms with Gasteiger partial charge >= 0.3 is 0 Å². The summed E-state index contributed by atoms with van der Waals surface area (Å²) < 4.78 is 0. The van der Waals surface area contributed by atoms with Crippen molar-refractivity contribution in [3.63, 3.8) is 0 Å². The first-order chi connectivity index (χ1) is 8.61. The lowest BCUT2D eigenvalue weighted by atomic mass is 10.0. The molecule has 2 rings (SSSR count). The molecule has 0 spiro atoms. The number of rotatable bonds is 3. The van der Waals surface area contributed by atoms with E-state index in [1.807, 2.05) is 13.0 Å². The Labute approximate surface area is 118 Å². The van der Waals surface area contributed by atoms with Gasteiger partial charge in [0, 0.05) is 22.5 Å². The molecule has 1 amide bonds. The van der Waals surface area contributed by atoms with Crippen LogP contribution in [0, 0.1) is 12.8 Å². The van der Waals surface area contributed by atoms with Crippen molar-refractivity contribution in [2.24, 2.45) is 5.92 Å². The molecule has 1 aliphatic rings. The molecule has 1 N–H and O–H groups in total. The van der Waals surface area contributed by atoms with Crippen molar-refractivity contribution in [2.45, 2.75) is 32.2 Å². The second-order valence-corrected chi connectivity index (χ2v) is 5.63. The van der Waals surface area contributed by atoms with E-state index in [-0.39, 0.29) is 11.9 Å². The van der Waals surface area contributed by atoms with E-state index in [4.69, 9.17) is 23.2 Å². The van der Waals surface area contributed by atoms with Crippen LogP contribution in [-0.4, -0.2) is 17.8 Å². The Hall–Kier alpha value is -0.730. The number of aryl methyl sites for hydroxylation is 1. The van der Waals surface area contributed by atoms with E-state index in [2.05, 4.69) is 5.32 Å². The fourth-order valence-corrected chi connectivity index (χ4v) is 3.14. The molecule has 0 heterocycles. The van der Waals surface area contributed by atoms with E-state index in [0.29, 0.717) is 22.4 Å². The summed E-state index contributed by atoms with van der Waals surface area (Å²) in [5.41, 5.74) is 1.60. The molecule has 0 bridgehead atoms. The maximum Gasteiger partial charge on any atom is 0.251 e. The first-order valence-electron chi connectivity index (χ1n) is 6.25. The molecule has 98 valence electrons. The maximum atomic E-state index is 12.2. The zero-order chi connectivity index (χ0) is 13.1. The summed E-state index contributed by atoms with van der Waals surface area (Å²) in [6.45, 7) is 1.90. The molecule has 4 heteroatoms. The van der Waals surface area contributed by atoms with Crippen LogP contribution in [0.5, 0.6) is 0 Å². The largest absolute Gasteiger partial charge is 0.349 e. The zero-order valence-corrected chi connectivity index (χ0v) is 11.9. The number of amides is 1. The quantitative estimate of drug-likeness (QED) is 0.842. The van der Waals surface area contributed by atoms with E-state index in [1.54, 1.807) is 12.1 Å². The van der Waals surface area contributed by atoms with Gasteiger partial charge in [0.25, 0.3) is 5.91 Å². The van der Waals surface area contributed by atoms with E-state index in [0.717, 1.165) is 24.8 Å². The predicted molar refractivity (Wildman–Crippen MR) is 75.5 cm³/mol. The van der Waals surface area contributed by atoms with Crippen LogP contribution >= 0.6 is 23.2 Å². The molecule has 18 heavy (non-hydrogen) atoms. The van der Waals surface area contributed by atoms with Gasteiger partial charge in [0.1, 0.15) is 0 Å². The van der Waals surface area contributed by atoms with Crippen LogP contribution in [0.3, 0.4) is 0 Å². The number of hydrogen-bond donors (Lipinski definition) is 1. The molecule has 2 atom stereocenters. The van der Waals surface area contributed by atoms with Gasteiger partial charge in [-0.15, -0.1) is 11.6 Å². The lowest BCUT2D eigenvalue weighted by Gasteiger charge is -2.19. The monoisotopic (exact) mass is 285 g/mol. The number of hydrogen-bond acceptors (Lipinski definition) is 1. The highest BCUT2D eigenvalue weighted by molar-refractivity contribution is 6.30. The zero-order valence-electron chi connectivity index (χ0n) is 10.4. The lowest BCUT2D eigenvalue weighted by molar-refractivity contribution is 0.0929. The van der Waals surface area contributed by atoms with Gasteiger partial charge in [0.05, 0.1) is 0 Å². The molecule has 1 aromatic carbocycles. The highest BCUT2D eigenvalue weighted by Crippen LogP contribution is 2.27. The molecule has 2 nitrogen and oxygen atoms in total. The summed E-state index contributed by atoms with van der Waals surface area (Å²) >= 11 is 11.8. The Kier molecular flexibility index (Phi) is 4.52. The summed E-state index contributed by atoms with van der Waals surface area (Å²) in [6.07, 6.45) is 3.27. The molecule has 0 aromatic heterocycles. The van der Waals surface area contributed by atoms with Crippen LogP contribution in [0.4, 0.5) is 0 Å². The van der Waals surface area contributed by atoms with Crippen LogP contribution in [0.25, 0.3) is 0 Å². The Bertz CT molecular complexity index is 447. The smallest absolute Gasteiger partial charge is 0.251 e. The second kappa shape index (κ2) is 5.94. The summed E-state index contributed by atoms with van der Waals surface area (Å²) in [6, 6.07) is 5.55. The predicted octanol–water partition coefficient (Wildman–Crippen LogP) is 3.79. The van der Waals surface area contributed by atoms with E-state index < -0.39 is 0 Å². The van der Waals surface area contributed by atoms with Crippen LogP contribution in [-0.2, 0) is 0 Å². The molecule has 1 saturated carbocycles. The van der Waals surface area contributed by atoms with Crippen molar-refractivity contribution in [1.82, 2.24) is 5.32 Å². The van der Waals surface area contributed by atoms with Crippen LogP contribution in [0.1, 0.15) is 35.2 Å². The third-order valence-electron chi connectivity index (χ3n) is 3.61. The third kappa shape index (κ3) is 2.99. The molecule has 0 radical (unpaired) electrons. The van der Waals surface area contributed by atoms with Gasteiger partial charge in [-0.1, -0.05) is 18.0 Å². The minimum atomic E-state index is -0.0221. The van der Waals surface area contributed by atoms with Crippen molar-refractivity contribution in [3.05, 3.63) is 34.3 Å². The van der Waals surface area contributed by atoms with Gasteiger partial charge in [-0.05, 0) is 49.4 Å². The minimum absolute atomic E-state index is 0.0221. The third-order valence-corrected chi connectivity index (χ3v) is 4.24. The SMILES string of the molecule is Cc1cc(Cl)ccc1C(=O)NC1CCCC1CCl. The standard InChI is InChI=1S/C14H17Cl2NO/c1-9-7-11(16)5-6-12(9)14(18)17-13-4-2-3-10(13)8-15/h5-7,10,13H,2-4,8H2,1H3,(H,17,18). The Morgan fingerprint density at radius 2 is 2.22 bits per heavy atom. The van der Waals surface area contributed by atoms with Crippen molar-refractivity contribution >= 4 is 29.1 Å². The van der Waals surface area contributed by atoms with Gasteiger partial charge in [-0.3, -0.25) is 4.79 Å². The maximum absolute atomic E-state index is 12.2. The number of nitrogens with one attached hydrogen (secondary N) is 1. The van der Waals surface area contributed by atoms with E-state index in [1.165, 1.54) is 0 Å². The fourth-order valence-electron chi connectivity index (χ4n) is 2.54. The Balaban J connectivity index is 2.07. The molecule has 0 aliphatic heterocycles. The molecule has 1 aliphatic carbocycles. The number of benzene rings is 1. The number of carbonyl (C=O) groups is 1. The first-order valence-corrected chi connectivity index (χ1v) is 7.16. The second-order valence-electron chi connectivity index (χ2n) is 4.88. The number of carbonyl (C=O) groups excluding carboxylic acids is 1. The van der Waals surface area contributed by atoms with Crippen LogP contribution in [0.15, 0.2) is 18.2 Å². The van der Waals surface area contributed by atoms with Crippen molar-refractivity contribution < 1.29 is 4.79 Å². The molecule has 0 saturated heterocycles. The highest BCUT2D eigenvalue weighted by atomic mass is 35.5. The Morgan fingerprint density at radius 3 is 2.89 bits per heavy atom. The average Bonchev–Trinajstić information content (AvgIpc) is 2.76. The van der Waals surface area contributed by atoms with E-state index in [9.17, 15) is 4.79 Å². The summed E-state index contributed by atoms with van der Waals surface area (Å²) in [4.78, 5) is 12.2. The topological polar surface area (TPSA) is 29.1 Å². The van der Waals surface area contributed by atoms with E-state index >= 15 is 0 Å². The van der Waals surface area contributed by atoms with Crippen molar-refractivity contribution in [2.75, 3.05) is 5.88 Å². The fraction of sp³-hybridized carbons (Fsp3) is 0.500. The summed E-state index contributed by atoms with van der Waals surface area (Å²) in [5, 5.41) is 3.75. The number of halogens is 2. The van der Waals surface area contributed by atoms with Gasteiger partial charge in [0.2, 0.25) is 0 Å². The molecule has 1 aromatic rings. The summed E-state index contributed by atoms with van der Waals surface area (Å²) in [7, 11) is 0. The van der Waals surface area contributed by atoms with Crippen molar-refractivity contribution in [3.8, 4) is 0 Å². The normalized spacial score (nSPS) is 23.1. The minimum Gasteiger partial charge on any atom is -0.349 e. The highest BCUT2D eigenvalue weighted by Gasteiger charge is 2.28. The van der Waals surface area contributed by atoms with Gasteiger partial charge in [-0.25, -0.2) is 0 Å². The van der Waals surface area contributed by atoms with Crippen LogP contribution < -0.4 is 5.32 Å². The lowest BCUT2D eigenvalue weighted by Crippen LogP contribution is -2.38. The molecule has 2 unspecified atom stereocenters.